The third kappa shape index (κ3) is 8.28. The van der Waals surface area contributed by atoms with E-state index in [9.17, 15) is 24.5 Å². The molecule has 10 heteroatoms. The van der Waals surface area contributed by atoms with E-state index in [4.69, 9.17) is 9.47 Å². The highest BCUT2D eigenvalue weighted by Crippen LogP contribution is 2.18. The van der Waals surface area contributed by atoms with Gasteiger partial charge in [0.25, 0.3) is 5.69 Å². The summed E-state index contributed by atoms with van der Waals surface area (Å²) in [5.41, 5.74) is 1.42. The summed E-state index contributed by atoms with van der Waals surface area (Å²) in [5.74, 6) is -1.29. The molecule has 3 aromatic carbocycles. The van der Waals surface area contributed by atoms with Crippen LogP contribution in [0.15, 0.2) is 84.9 Å². The van der Waals surface area contributed by atoms with Crippen LogP contribution in [-0.4, -0.2) is 35.5 Å². The monoisotopic (exact) mass is 477 g/mol. The minimum absolute atomic E-state index is 0.0481. The Morgan fingerprint density at radius 3 is 2.06 bits per heavy atom. The van der Waals surface area contributed by atoms with Gasteiger partial charge in [-0.3, -0.25) is 14.9 Å². The number of non-ortho nitro benzene ring substituents is 1. The first kappa shape index (κ1) is 24.9. The zero-order valence-corrected chi connectivity index (χ0v) is 18.6. The first-order chi connectivity index (χ1) is 16.9. The molecule has 0 aliphatic heterocycles. The molecule has 0 saturated carbocycles. The van der Waals surface area contributed by atoms with Crippen LogP contribution in [0.5, 0.6) is 5.75 Å². The lowest BCUT2D eigenvalue weighted by molar-refractivity contribution is -0.384. The highest BCUT2D eigenvalue weighted by Gasteiger charge is 2.24. The number of nitro benzene ring substituents is 1. The van der Waals surface area contributed by atoms with Crippen LogP contribution in [0.1, 0.15) is 11.1 Å². The molecule has 180 valence electrons. The topological polar surface area (TPSA) is 137 Å². The number of ether oxygens (including phenoxy) is 2. The van der Waals surface area contributed by atoms with Crippen LogP contribution in [0.25, 0.3) is 0 Å². The van der Waals surface area contributed by atoms with E-state index in [0.717, 1.165) is 11.1 Å². The molecule has 2 amide bonds. The normalized spacial score (nSPS) is 11.1. The lowest BCUT2D eigenvalue weighted by Crippen LogP contribution is -2.48. The fourth-order valence-corrected chi connectivity index (χ4v) is 3.04. The van der Waals surface area contributed by atoms with Gasteiger partial charge in [-0.05, 0) is 23.3 Å². The van der Waals surface area contributed by atoms with Gasteiger partial charge in [-0.2, -0.15) is 0 Å². The van der Waals surface area contributed by atoms with Gasteiger partial charge in [-0.15, -0.1) is 0 Å². The highest BCUT2D eigenvalue weighted by atomic mass is 16.6. The van der Waals surface area contributed by atoms with E-state index in [2.05, 4.69) is 10.6 Å². The molecule has 3 aromatic rings. The van der Waals surface area contributed by atoms with E-state index in [1.54, 1.807) is 36.4 Å². The van der Waals surface area contributed by atoms with Crippen molar-refractivity contribution in [2.24, 2.45) is 0 Å². The highest BCUT2D eigenvalue weighted by molar-refractivity contribution is 5.88. The van der Waals surface area contributed by atoms with E-state index in [-0.39, 0.29) is 24.5 Å². The van der Waals surface area contributed by atoms with E-state index in [1.807, 2.05) is 24.3 Å². The van der Waals surface area contributed by atoms with E-state index in [0.29, 0.717) is 0 Å². The van der Waals surface area contributed by atoms with Crippen LogP contribution < -0.4 is 15.4 Å². The second kappa shape index (κ2) is 12.5. The Hall–Kier alpha value is -4.73. The summed E-state index contributed by atoms with van der Waals surface area (Å²) in [7, 11) is 0. The number of amides is 2. The number of nitrogens with zero attached hydrogens (tertiary/aromatic N) is 1. The first-order valence-electron chi connectivity index (χ1n) is 10.6. The molecule has 1 unspecified atom stereocenters. The number of carbonyl (C=O) groups is 3. The van der Waals surface area contributed by atoms with Gasteiger partial charge in [-0.1, -0.05) is 60.7 Å². The lowest BCUT2D eigenvalue weighted by atomic mass is 10.1. The fraction of sp³-hybridized carbons (Fsp3) is 0.160. The molecular weight excluding hydrogens is 454 g/mol. The van der Waals surface area contributed by atoms with Crippen LogP contribution in [0, 0.1) is 10.1 Å². The molecule has 0 saturated heterocycles. The van der Waals surface area contributed by atoms with Crippen molar-refractivity contribution in [1.82, 2.24) is 10.6 Å². The van der Waals surface area contributed by atoms with Crippen LogP contribution >= 0.6 is 0 Å². The third-order valence-electron chi connectivity index (χ3n) is 4.77. The Balaban J connectivity index is 1.57. The van der Waals surface area contributed by atoms with Gasteiger partial charge in [0, 0.05) is 18.6 Å². The maximum Gasteiger partial charge on any atom is 0.407 e. The summed E-state index contributed by atoms with van der Waals surface area (Å²) in [6.45, 7) is -0.365. The molecule has 35 heavy (non-hydrogen) atoms. The van der Waals surface area contributed by atoms with Gasteiger partial charge in [-0.25, -0.2) is 9.59 Å². The van der Waals surface area contributed by atoms with Crippen molar-refractivity contribution in [3.63, 3.8) is 0 Å². The van der Waals surface area contributed by atoms with Crippen LogP contribution in [0.2, 0.25) is 0 Å². The van der Waals surface area contributed by atoms with Crippen LogP contribution in [-0.2, 0) is 27.4 Å². The molecule has 0 aliphatic rings. The Bertz CT molecular complexity index is 1150. The average Bonchev–Trinajstić information content (AvgIpc) is 2.87. The molecule has 0 aliphatic carbocycles. The van der Waals surface area contributed by atoms with Crippen molar-refractivity contribution in [2.45, 2.75) is 19.1 Å². The summed E-state index contributed by atoms with van der Waals surface area (Å²) in [6.07, 6.45) is -0.645. The van der Waals surface area contributed by atoms with Gasteiger partial charge >= 0.3 is 12.1 Å². The number of hydrogen-bond donors (Lipinski definition) is 2. The second-order valence-corrected chi connectivity index (χ2v) is 7.40. The molecule has 1 atom stereocenters. The Kier molecular flexibility index (Phi) is 8.89. The van der Waals surface area contributed by atoms with Crippen molar-refractivity contribution in [1.29, 1.82) is 0 Å². The number of alkyl carbamates (subject to hydrolysis) is 1. The number of esters is 1. The molecule has 0 fully saturated rings. The maximum atomic E-state index is 12.8. The largest absolute Gasteiger partial charge is 0.445 e. The number of carbonyl (C=O) groups excluding carboxylic acids is 3. The zero-order chi connectivity index (χ0) is 25.0. The van der Waals surface area contributed by atoms with Crippen molar-refractivity contribution < 1.29 is 28.8 Å². The zero-order valence-electron chi connectivity index (χ0n) is 18.6. The van der Waals surface area contributed by atoms with Crippen LogP contribution in [0.4, 0.5) is 10.5 Å². The van der Waals surface area contributed by atoms with E-state index < -0.39 is 35.5 Å². The second-order valence-electron chi connectivity index (χ2n) is 7.40. The van der Waals surface area contributed by atoms with Crippen LogP contribution in [0.3, 0.4) is 0 Å². The minimum atomic E-state index is -1.07. The van der Waals surface area contributed by atoms with E-state index in [1.165, 1.54) is 24.3 Å². The number of nitrogens with one attached hydrogen (secondary N) is 2. The van der Waals surface area contributed by atoms with Gasteiger partial charge in [0.2, 0.25) is 5.91 Å². The summed E-state index contributed by atoms with van der Waals surface area (Å²) < 4.78 is 10.4. The predicted molar refractivity (Wildman–Crippen MR) is 125 cm³/mol. The molecule has 3 rings (SSSR count). The molecule has 0 aromatic heterocycles. The number of hydrogen-bond acceptors (Lipinski definition) is 7. The quantitative estimate of drug-likeness (QED) is 0.198. The summed E-state index contributed by atoms with van der Waals surface area (Å²) in [5, 5.41) is 15.7. The van der Waals surface area contributed by atoms with E-state index >= 15 is 0 Å². The molecular formula is C25H23N3O7. The minimum Gasteiger partial charge on any atom is -0.445 e. The summed E-state index contributed by atoms with van der Waals surface area (Å²) in [6, 6.07) is 22.0. The standard InChI is InChI=1S/C25H23N3O7/c29-23(16-26-25(31)34-17-19-9-5-2-6-10-19)27-22(15-18-7-3-1-4-8-18)24(30)35-21-13-11-20(12-14-21)28(32)33/h1-14,22H,15-17H2,(H,26,31)(H,27,29). The van der Waals surface area contributed by atoms with Crippen molar-refractivity contribution in [3.8, 4) is 5.75 Å². The maximum absolute atomic E-state index is 12.8. The van der Waals surface area contributed by atoms with Gasteiger partial charge < -0.3 is 20.1 Å². The smallest absolute Gasteiger partial charge is 0.407 e. The molecule has 10 nitrogen and oxygen atoms in total. The Morgan fingerprint density at radius 1 is 0.857 bits per heavy atom. The SMILES string of the molecule is O=C(CNC(=O)OCc1ccccc1)NC(Cc1ccccc1)C(=O)Oc1ccc([N+](=O)[O-])cc1. The van der Waals surface area contributed by atoms with Crippen molar-refractivity contribution >= 4 is 23.7 Å². The summed E-state index contributed by atoms with van der Waals surface area (Å²) >= 11 is 0. The van der Waals surface area contributed by atoms with Gasteiger partial charge in [0.15, 0.2) is 0 Å². The summed E-state index contributed by atoms with van der Waals surface area (Å²) in [4.78, 5) is 47.3. The number of nitro groups is 1. The average molecular weight is 477 g/mol. The predicted octanol–water partition coefficient (Wildman–Crippen LogP) is 3.15. The Labute approximate surface area is 201 Å². The van der Waals surface area contributed by atoms with Crippen molar-refractivity contribution in [2.75, 3.05) is 6.54 Å². The molecule has 2 N–H and O–H groups in total. The first-order valence-corrected chi connectivity index (χ1v) is 10.6. The molecule has 0 radical (unpaired) electrons. The molecule has 0 spiro atoms. The van der Waals surface area contributed by atoms with Gasteiger partial charge in [0.1, 0.15) is 24.9 Å². The number of rotatable bonds is 10. The number of benzene rings is 3. The fourth-order valence-electron chi connectivity index (χ4n) is 3.04. The van der Waals surface area contributed by atoms with Crippen molar-refractivity contribution in [3.05, 3.63) is 106 Å². The molecule has 0 heterocycles. The Morgan fingerprint density at radius 2 is 1.46 bits per heavy atom. The third-order valence-corrected chi connectivity index (χ3v) is 4.77. The molecule has 0 bridgehead atoms. The van der Waals surface area contributed by atoms with Gasteiger partial charge in [0.05, 0.1) is 4.92 Å². The lowest BCUT2D eigenvalue weighted by Gasteiger charge is -2.18.